The van der Waals surface area contributed by atoms with Crippen molar-refractivity contribution in [3.8, 4) is 0 Å². The zero-order valence-electron chi connectivity index (χ0n) is 9.70. The fourth-order valence-electron chi connectivity index (χ4n) is 2.41. The molecule has 1 aliphatic rings. The molecule has 2 rings (SSSR count). The maximum Gasteiger partial charge on any atom is 0.128 e. The molecule has 0 aromatic heterocycles. The van der Waals surface area contributed by atoms with E-state index in [-0.39, 0.29) is 18.5 Å². The maximum absolute atomic E-state index is 13.8. The predicted molar refractivity (Wildman–Crippen MR) is 66.7 cm³/mol. The second-order valence-electron chi connectivity index (χ2n) is 4.46. The van der Waals surface area contributed by atoms with E-state index < -0.39 is 0 Å². The molecular weight excluding hydrogens is 241 g/mol. The number of halogens is 2. The van der Waals surface area contributed by atoms with Crippen LogP contribution in [0.4, 0.5) is 4.39 Å². The number of nitrogens with zero attached hydrogens (tertiary/aromatic N) is 1. The van der Waals surface area contributed by atoms with E-state index in [1.807, 2.05) is 0 Å². The molecule has 1 N–H and O–H groups in total. The van der Waals surface area contributed by atoms with Crippen molar-refractivity contribution in [3.63, 3.8) is 0 Å². The van der Waals surface area contributed by atoms with Gasteiger partial charge in [-0.25, -0.2) is 4.39 Å². The Morgan fingerprint density at radius 1 is 1.29 bits per heavy atom. The third kappa shape index (κ3) is 2.97. The van der Waals surface area contributed by atoms with Gasteiger partial charge in [-0.3, -0.25) is 4.90 Å². The molecule has 0 bridgehead atoms. The van der Waals surface area contributed by atoms with E-state index in [0.717, 1.165) is 25.9 Å². The second kappa shape index (κ2) is 5.80. The lowest BCUT2D eigenvalue weighted by atomic mass is 10.0. The minimum absolute atomic E-state index is 0.0722. The summed E-state index contributed by atoms with van der Waals surface area (Å²) in [6.45, 7) is 1.76. The third-order valence-corrected chi connectivity index (χ3v) is 3.56. The number of hydrogen-bond donors (Lipinski definition) is 1. The van der Waals surface area contributed by atoms with Gasteiger partial charge in [0.1, 0.15) is 5.82 Å². The highest BCUT2D eigenvalue weighted by molar-refractivity contribution is 6.30. The smallest absolute Gasteiger partial charge is 0.128 e. The molecule has 1 aliphatic heterocycles. The Balaban J connectivity index is 2.24. The number of piperidine rings is 1. The lowest BCUT2D eigenvalue weighted by Crippen LogP contribution is -2.36. The molecule has 94 valence electrons. The van der Waals surface area contributed by atoms with Crippen LogP contribution in [0.5, 0.6) is 0 Å². The van der Waals surface area contributed by atoms with Gasteiger partial charge in [-0.2, -0.15) is 0 Å². The van der Waals surface area contributed by atoms with Gasteiger partial charge in [0.25, 0.3) is 0 Å². The minimum Gasteiger partial charge on any atom is -0.394 e. The number of likely N-dealkylation sites (tertiary alicyclic amines) is 1. The molecule has 1 aromatic rings. The highest BCUT2D eigenvalue weighted by atomic mass is 35.5. The van der Waals surface area contributed by atoms with E-state index in [2.05, 4.69) is 4.90 Å². The van der Waals surface area contributed by atoms with Crippen LogP contribution in [-0.4, -0.2) is 29.7 Å². The highest BCUT2D eigenvalue weighted by Gasteiger charge is 2.24. The molecule has 1 heterocycles. The quantitative estimate of drug-likeness (QED) is 0.900. The van der Waals surface area contributed by atoms with Crippen LogP contribution in [0.25, 0.3) is 0 Å². The predicted octanol–water partition coefficient (Wildman–Crippen LogP) is 3.00. The molecule has 0 radical (unpaired) electrons. The summed E-state index contributed by atoms with van der Waals surface area (Å²) in [4.78, 5) is 2.14. The van der Waals surface area contributed by atoms with Gasteiger partial charge in [-0.1, -0.05) is 18.0 Å². The number of hydrogen-bond acceptors (Lipinski definition) is 2. The molecule has 4 heteroatoms. The molecule has 2 nitrogen and oxygen atoms in total. The summed E-state index contributed by atoms with van der Waals surface area (Å²) in [7, 11) is 0. The van der Waals surface area contributed by atoms with Gasteiger partial charge in [0.15, 0.2) is 0 Å². The van der Waals surface area contributed by atoms with Gasteiger partial charge < -0.3 is 5.11 Å². The Bertz CT molecular complexity index is 380. The van der Waals surface area contributed by atoms with Gasteiger partial charge in [-0.15, -0.1) is 0 Å². The fraction of sp³-hybridized carbons (Fsp3) is 0.538. The zero-order chi connectivity index (χ0) is 12.3. The van der Waals surface area contributed by atoms with Crippen molar-refractivity contribution in [1.82, 2.24) is 4.90 Å². The number of aliphatic hydroxyl groups is 1. The van der Waals surface area contributed by atoms with Crippen LogP contribution in [0.3, 0.4) is 0 Å². The van der Waals surface area contributed by atoms with Gasteiger partial charge in [0.05, 0.1) is 12.6 Å². The summed E-state index contributed by atoms with van der Waals surface area (Å²) in [5.74, 6) is -0.293. The number of rotatable bonds is 3. The Kier molecular flexibility index (Phi) is 4.37. The molecule has 0 saturated carbocycles. The van der Waals surface area contributed by atoms with Crippen LogP contribution < -0.4 is 0 Å². The second-order valence-corrected chi connectivity index (χ2v) is 4.90. The average Bonchev–Trinajstić information content (AvgIpc) is 2.36. The molecule has 1 saturated heterocycles. The lowest BCUT2D eigenvalue weighted by Gasteiger charge is -2.33. The van der Waals surface area contributed by atoms with Crippen LogP contribution >= 0.6 is 11.6 Å². The molecule has 0 spiro atoms. The molecule has 0 amide bonds. The maximum atomic E-state index is 13.8. The van der Waals surface area contributed by atoms with Crippen molar-refractivity contribution in [3.05, 3.63) is 34.6 Å². The molecule has 1 aromatic carbocycles. The summed E-state index contributed by atoms with van der Waals surface area (Å²) in [5.41, 5.74) is 0.502. The number of aliphatic hydroxyl groups excluding tert-OH is 1. The van der Waals surface area contributed by atoms with Crippen LogP contribution in [0, 0.1) is 5.82 Å². The first-order valence-corrected chi connectivity index (χ1v) is 6.40. The normalized spacial score (nSPS) is 19.2. The van der Waals surface area contributed by atoms with E-state index in [1.54, 1.807) is 6.07 Å². The molecule has 1 unspecified atom stereocenters. The molecular formula is C13H17ClFNO. The minimum atomic E-state index is -0.293. The van der Waals surface area contributed by atoms with E-state index >= 15 is 0 Å². The van der Waals surface area contributed by atoms with Crippen LogP contribution in [0.15, 0.2) is 18.2 Å². The van der Waals surface area contributed by atoms with Crippen molar-refractivity contribution >= 4 is 11.6 Å². The summed E-state index contributed by atoms with van der Waals surface area (Å²) in [6.07, 6.45) is 3.43. The van der Waals surface area contributed by atoms with Gasteiger partial charge in [-0.05, 0) is 44.1 Å². The summed E-state index contributed by atoms with van der Waals surface area (Å²) < 4.78 is 13.8. The SMILES string of the molecule is OCC(c1cc(Cl)ccc1F)N1CCCCC1. The van der Waals surface area contributed by atoms with Crippen LogP contribution in [0.2, 0.25) is 5.02 Å². The average molecular weight is 258 g/mol. The fourth-order valence-corrected chi connectivity index (χ4v) is 2.59. The van der Waals surface area contributed by atoms with Crippen molar-refractivity contribution in [2.45, 2.75) is 25.3 Å². The Hall–Kier alpha value is -0.640. The summed E-state index contributed by atoms with van der Waals surface area (Å²) in [6, 6.07) is 4.25. The van der Waals surface area contributed by atoms with Gasteiger partial charge in [0.2, 0.25) is 0 Å². The van der Waals surface area contributed by atoms with E-state index in [9.17, 15) is 9.50 Å². The lowest BCUT2D eigenvalue weighted by molar-refractivity contribution is 0.102. The first-order valence-electron chi connectivity index (χ1n) is 6.02. The first-order chi connectivity index (χ1) is 8.22. The highest BCUT2D eigenvalue weighted by Crippen LogP contribution is 2.28. The molecule has 1 fully saturated rings. The van der Waals surface area contributed by atoms with E-state index in [4.69, 9.17) is 11.6 Å². The molecule has 0 aliphatic carbocycles. The Morgan fingerprint density at radius 2 is 2.00 bits per heavy atom. The standard InChI is InChI=1S/C13H17ClFNO/c14-10-4-5-12(15)11(8-10)13(9-17)16-6-2-1-3-7-16/h4-5,8,13,17H,1-3,6-7,9H2. The van der Waals surface area contributed by atoms with Crippen molar-refractivity contribution in [2.24, 2.45) is 0 Å². The van der Waals surface area contributed by atoms with E-state index in [1.165, 1.54) is 18.6 Å². The largest absolute Gasteiger partial charge is 0.394 e. The Labute approximate surface area is 106 Å². The first kappa shape index (κ1) is 12.8. The van der Waals surface area contributed by atoms with E-state index in [0.29, 0.717) is 10.6 Å². The molecule has 1 atom stereocenters. The van der Waals surface area contributed by atoms with Crippen molar-refractivity contribution < 1.29 is 9.50 Å². The number of benzene rings is 1. The van der Waals surface area contributed by atoms with Gasteiger partial charge in [0, 0.05) is 10.6 Å². The topological polar surface area (TPSA) is 23.5 Å². The zero-order valence-corrected chi connectivity index (χ0v) is 10.5. The third-order valence-electron chi connectivity index (χ3n) is 3.32. The molecule has 17 heavy (non-hydrogen) atoms. The van der Waals surface area contributed by atoms with Crippen molar-refractivity contribution in [2.75, 3.05) is 19.7 Å². The summed E-state index contributed by atoms with van der Waals surface area (Å²) >= 11 is 5.89. The summed E-state index contributed by atoms with van der Waals surface area (Å²) in [5, 5.41) is 10.0. The van der Waals surface area contributed by atoms with Crippen LogP contribution in [0.1, 0.15) is 30.9 Å². The van der Waals surface area contributed by atoms with Crippen LogP contribution in [-0.2, 0) is 0 Å². The van der Waals surface area contributed by atoms with Gasteiger partial charge >= 0.3 is 0 Å². The van der Waals surface area contributed by atoms with Crippen molar-refractivity contribution in [1.29, 1.82) is 0 Å². The Morgan fingerprint density at radius 3 is 2.65 bits per heavy atom. The monoisotopic (exact) mass is 257 g/mol.